The minimum absolute atomic E-state index is 0.0135. The van der Waals surface area contributed by atoms with Crippen LogP contribution >= 0.6 is 15.9 Å². The van der Waals surface area contributed by atoms with Gasteiger partial charge in [0.2, 0.25) is 12.6 Å². The quantitative estimate of drug-likeness (QED) is 0.378. The number of hydrogen-bond donors (Lipinski definition) is 1. The van der Waals surface area contributed by atoms with Gasteiger partial charge in [-0.2, -0.15) is 0 Å². The fourth-order valence-electron chi connectivity index (χ4n) is 4.64. The molecule has 0 radical (unpaired) electrons. The molecule has 6 rings (SSSR count). The Morgan fingerprint density at radius 1 is 1.03 bits per heavy atom. The molecule has 3 heterocycles. The highest BCUT2D eigenvalue weighted by molar-refractivity contribution is 9.10. The second-order valence-corrected chi connectivity index (χ2v) is 9.58. The van der Waals surface area contributed by atoms with Gasteiger partial charge in [0.05, 0.1) is 17.0 Å². The molecule has 0 bridgehead atoms. The Labute approximate surface area is 218 Å². The van der Waals surface area contributed by atoms with Crippen molar-refractivity contribution in [3.05, 3.63) is 97.8 Å². The van der Waals surface area contributed by atoms with Gasteiger partial charge in [-0.25, -0.2) is 0 Å². The topological polar surface area (TPSA) is 121 Å². The molecule has 3 aromatic carbocycles. The van der Waals surface area contributed by atoms with Crippen molar-refractivity contribution in [1.29, 1.82) is 0 Å². The van der Waals surface area contributed by atoms with Gasteiger partial charge in [-0.1, -0.05) is 34.1 Å². The van der Waals surface area contributed by atoms with Crippen molar-refractivity contribution in [3.8, 4) is 17.2 Å². The molecular weight excluding hydrogens is 544 g/mol. The Bertz CT molecular complexity index is 1630. The summed E-state index contributed by atoms with van der Waals surface area (Å²) in [6, 6.07) is 16.7. The predicted octanol–water partition coefficient (Wildman–Crippen LogP) is 3.89. The van der Waals surface area contributed by atoms with E-state index in [2.05, 4.69) is 15.9 Å². The minimum Gasteiger partial charge on any atom is -0.484 e. The van der Waals surface area contributed by atoms with Crippen LogP contribution in [-0.2, 0) is 11.3 Å². The summed E-state index contributed by atoms with van der Waals surface area (Å²) in [5.74, 6) is 0.692. The first-order chi connectivity index (χ1) is 17.9. The first-order valence-electron chi connectivity index (χ1n) is 11.4. The predicted molar refractivity (Wildman–Crippen MR) is 136 cm³/mol. The summed E-state index contributed by atoms with van der Waals surface area (Å²) >= 11 is 3.41. The lowest BCUT2D eigenvalue weighted by Crippen LogP contribution is -2.29. The second-order valence-electron chi connectivity index (χ2n) is 8.66. The monoisotopic (exact) mass is 562 g/mol. The molecule has 186 valence electrons. The molecule has 0 saturated heterocycles. The number of rotatable bonds is 6. The van der Waals surface area contributed by atoms with Crippen LogP contribution in [-0.4, -0.2) is 30.1 Å². The van der Waals surface area contributed by atoms with Gasteiger partial charge in [0, 0.05) is 11.0 Å². The molecular formula is C27H19BrN2O7. The van der Waals surface area contributed by atoms with E-state index >= 15 is 0 Å². The number of fused-ring (bicyclic) bond motifs is 3. The number of amides is 2. The van der Waals surface area contributed by atoms with Crippen LogP contribution in [0.3, 0.4) is 0 Å². The van der Waals surface area contributed by atoms with E-state index < -0.39 is 17.9 Å². The average molecular weight is 563 g/mol. The lowest BCUT2D eigenvalue weighted by atomic mass is 9.98. The number of carbonyl (C=O) groups excluding carboxylic acids is 2. The maximum atomic E-state index is 13.7. The van der Waals surface area contributed by atoms with Gasteiger partial charge in [0.25, 0.3) is 11.8 Å². The molecule has 4 aromatic rings. The van der Waals surface area contributed by atoms with Crippen LogP contribution in [0.15, 0.2) is 74.3 Å². The fraction of sp³-hybridized carbons (Fsp3) is 0.148. The van der Waals surface area contributed by atoms with Crippen molar-refractivity contribution in [2.75, 3.05) is 13.4 Å². The summed E-state index contributed by atoms with van der Waals surface area (Å²) in [6.45, 7) is 0.0782. The normalized spacial score (nSPS) is 15.8. The first-order valence-corrected chi connectivity index (χ1v) is 12.1. The Kier molecular flexibility index (Phi) is 5.60. The number of nitrogens with two attached hydrogens (primary N) is 1. The summed E-state index contributed by atoms with van der Waals surface area (Å²) < 4.78 is 23.0. The second kappa shape index (κ2) is 8.97. The SMILES string of the molecule is NC(=O)COc1ccc(C2c3c(oc4ccc(Br)cc4c3=O)C(=O)N2Cc2ccc3c(c2)OCO3)cc1. The lowest BCUT2D eigenvalue weighted by molar-refractivity contribution is -0.119. The van der Waals surface area contributed by atoms with Gasteiger partial charge in [0.15, 0.2) is 23.5 Å². The van der Waals surface area contributed by atoms with Crippen molar-refractivity contribution in [1.82, 2.24) is 4.90 Å². The molecule has 10 heteroatoms. The molecule has 2 amide bonds. The molecule has 2 aliphatic heterocycles. The number of nitrogens with zero attached hydrogens (tertiary/aromatic N) is 1. The van der Waals surface area contributed by atoms with Crippen LogP contribution in [0.1, 0.15) is 33.3 Å². The number of hydrogen-bond acceptors (Lipinski definition) is 7. The molecule has 0 saturated carbocycles. The molecule has 9 nitrogen and oxygen atoms in total. The van der Waals surface area contributed by atoms with E-state index in [4.69, 9.17) is 24.4 Å². The van der Waals surface area contributed by atoms with Crippen LogP contribution in [0.5, 0.6) is 17.2 Å². The number of carbonyl (C=O) groups is 2. The van der Waals surface area contributed by atoms with E-state index in [9.17, 15) is 14.4 Å². The van der Waals surface area contributed by atoms with E-state index in [1.54, 1.807) is 53.4 Å². The standard InChI is InChI=1S/C27H19BrN2O7/c28-16-4-8-19-18(10-16)25(32)23-24(15-2-5-17(6-3-15)34-12-22(29)31)30(27(33)26(23)37-19)11-14-1-7-20-21(9-14)36-13-35-20/h1-10,24H,11-13H2,(H2,29,31). The van der Waals surface area contributed by atoms with Crippen LogP contribution in [0.2, 0.25) is 0 Å². The summed E-state index contributed by atoms with van der Waals surface area (Å²) in [6.07, 6.45) is 0. The summed E-state index contributed by atoms with van der Waals surface area (Å²) in [5.41, 5.74) is 6.97. The first kappa shape index (κ1) is 23.1. The van der Waals surface area contributed by atoms with Crippen molar-refractivity contribution in [2.24, 2.45) is 5.73 Å². The van der Waals surface area contributed by atoms with Crippen LogP contribution < -0.4 is 25.4 Å². The Morgan fingerprint density at radius 3 is 2.59 bits per heavy atom. The summed E-state index contributed by atoms with van der Waals surface area (Å²) in [7, 11) is 0. The van der Waals surface area contributed by atoms with Crippen molar-refractivity contribution >= 4 is 38.7 Å². The van der Waals surface area contributed by atoms with Crippen molar-refractivity contribution in [3.63, 3.8) is 0 Å². The molecule has 1 unspecified atom stereocenters. The van der Waals surface area contributed by atoms with Gasteiger partial charge in [-0.15, -0.1) is 0 Å². The Hall–Kier alpha value is -4.31. The molecule has 0 aliphatic carbocycles. The maximum absolute atomic E-state index is 13.7. The third-order valence-electron chi connectivity index (χ3n) is 6.29. The summed E-state index contributed by atoms with van der Waals surface area (Å²) in [5, 5.41) is 0.372. The number of benzene rings is 3. The van der Waals surface area contributed by atoms with Gasteiger partial charge < -0.3 is 29.3 Å². The van der Waals surface area contributed by atoms with Crippen molar-refractivity contribution in [2.45, 2.75) is 12.6 Å². The summed E-state index contributed by atoms with van der Waals surface area (Å²) in [4.78, 5) is 40.1. The van der Waals surface area contributed by atoms with Crippen LogP contribution in [0.4, 0.5) is 0 Å². The largest absolute Gasteiger partial charge is 0.484 e. The molecule has 2 aliphatic rings. The highest BCUT2D eigenvalue weighted by Crippen LogP contribution is 2.41. The molecule has 1 aromatic heterocycles. The van der Waals surface area contributed by atoms with Crippen molar-refractivity contribution < 1.29 is 28.2 Å². The average Bonchev–Trinajstić information content (AvgIpc) is 3.46. The third kappa shape index (κ3) is 4.09. The zero-order valence-electron chi connectivity index (χ0n) is 19.2. The zero-order chi connectivity index (χ0) is 25.7. The van der Waals surface area contributed by atoms with E-state index in [0.29, 0.717) is 33.8 Å². The molecule has 1 atom stereocenters. The molecule has 0 fully saturated rings. The number of primary amides is 1. The Balaban J connectivity index is 1.46. The van der Waals surface area contributed by atoms with Gasteiger partial charge >= 0.3 is 0 Å². The van der Waals surface area contributed by atoms with Crippen LogP contribution in [0, 0.1) is 0 Å². The number of ether oxygens (including phenoxy) is 3. The number of halogens is 1. The van der Waals surface area contributed by atoms with E-state index in [0.717, 1.165) is 10.0 Å². The molecule has 2 N–H and O–H groups in total. The van der Waals surface area contributed by atoms with E-state index in [1.165, 1.54) is 0 Å². The highest BCUT2D eigenvalue weighted by Gasteiger charge is 2.42. The fourth-order valence-corrected chi connectivity index (χ4v) is 5.00. The van der Waals surface area contributed by atoms with Gasteiger partial charge in [0.1, 0.15) is 11.3 Å². The minimum atomic E-state index is -0.710. The lowest BCUT2D eigenvalue weighted by Gasteiger charge is -2.25. The smallest absolute Gasteiger partial charge is 0.291 e. The Morgan fingerprint density at radius 2 is 1.81 bits per heavy atom. The van der Waals surface area contributed by atoms with E-state index in [1.807, 2.05) is 12.1 Å². The maximum Gasteiger partial charge on any atom is 0.291 e. The zero-order valence-corrected chi connectivity index (χ0v) is 20.8. The van der Waals surface area contributed by atoms with Gasteiger partial charge in [-0.3, -0.25) is 14.4 Å². The van der Waals surface area contributed by atoms with Crippen LogP contribution in [0.25, 0.3) is 11.0 Å². The molecule has 37 heavy (non-hydrogen) atoms. The van der Waals surface area contributed by atoms with Gasteiger partial charge in [-0.05, 0) is 53.6 Å². The highest BCUT2D eigenvalue weighted by atomic mass is 79.9. The molecule has 0 spiro atoms. The third-order valence-corrected chi connectivity index (χ3v) is 6.79. The van der Waals surface area contributed by atoms with E-state index in [-0.39, 0.29) is 36.7 Å².